The van der Waals surface area contributed by atoms with Crippen LogP contribution in [0.25, 0.3) is 0 Å². The summed E-state index contributed by atoms with van der Waals surface area (Å²) in [6.45, 7) is 1.44. The zero-order chi connectivity index (χ0) is 9.07. The van der Waals surface area contributed by atoms with Gasteiger partial charge in [-0.05, 0) is 6.92 Å². The highest BCUT2D eigenvalue weighted by Crippen LogP contribution is 1.99. The molecule has 1 atom stereocenters. The van der Waals surface area contributed by atoms with E-state index < -0.39 is 16.3 Å². The monoisotopic (exact) mass is 182 g/mol. The van der Waals surface area contributed by atoms with Crippen LogP contribution < -0.4 is 4.72 Å². The normalized spacial score (nSPS) is 15.4. The van der Waals surface area contributed by atoms with Crippen LogP contribution >= 0.6 is 0 Å². The minimum atomic E-state index is -3.39. The third-order valence-electron chi connectivity index (χ3n) is 1.52. The highest BCUT2D eigenvalue weighted by molar-refractivity contribution is 7.87. The molecule has 0 fully saturated rings. The molecule has 0 aromatic rings. The molecule has 68 valence electrons. The number of rotatable bonds is 4. The maximum Gasteiger partial charge on any atom is 0.279 e. The van der Waals surface area contributed by atoms with Gasteiger partial charge in [0.1, 0.15) is 0 Å². The van der Waals surface area contributed by atoms with Crippen molar-refractivity contribution in [3.05, 3.63) is 0 Å². The maximum absolute atomic E-state index is 11.0. The van der Waals surface area contributed by atoms with Gasteiger partial charge in [-0.2, -0.15) is 12.7 Å². The number of aliphatic hydroxyl groups excluding tert-OH is 1. The van der Waals surface area contributed by atoms with E-state index in [4.69, 9.17) is 5.11 Å². The van der Waals surface area contributed by atoms with E-state index in [9.17, 15) is 8.42 Å². The van der Waals surface area contributed by atoms with Crippen molar-refractivity contribution < 1.29 is 13.5 Å². The fourth-order valence-corrected chi connectivity index (χ4v) is 1.32. The highest BCUT2D eigenvalue weighted by atomic mass is 32.2. The fourth-order valence-electron chi connectivity index (χ4n) is 0.496. The molecule has 0 saturated carbocycles. The molecule has 0 heterocycles. The number of nitrogens with zero attached hydrogens (tertiary/aromatic N) is 1. The lowest BCUT2D eigenvalue weighted by atomic mass is 10.4. The zero-order valence-electron chi connectivity index (χ0n) is 6.90. The molecule has 6 heteroatoms. The predicted molar refractivity (Wildman–Crippen MR) is 42.3 cm³/mol. The van der Waals surface area contributed by atoms with Crippen molar-refractivity contribution in [1.29, 1.82) is 0 Å². The SMILES string of the molecule is CNS(=O)(=O)N(C)C(C)CO. The van der Waals surface area contributed by atoms with Gasteiger partial charge in [-0.25, -0.2) is 4.72 Å². The van der Waals surface area contributed by atoms with Gasteiger partial charge in [0, 0.05) is 20.1 Å². The molecule has 11 heavy (non-hydrogen) atoms. The molecule has 0 aromatic heterocycles. The quantitative estimate of drug-likeness (QED) is 0.571. The van der Waals surface area contributed by atoms with Crippen LogP contribution in [-0.4, -0.2) is 44.6 Å². The Labute approximate surface area is 67.2 Å². The van der Waals surface area contributed by atoms with Crippen molar-refractivity contribution in [1.82, 2.24) is 9.03 Å². The van der Waals surface area contributed by atoms with Crippen molar-refractivity contribution in [2.24, 2.45) is 0 Å². The fraction of sp³-hybridized carbons (Fsp3) is 1.00. The molecular formula is C5H14N2O3S. The average Bonchev–Trinajstić information content (AvgIpc) is 2.01. The van der Waals surface area contributed by atoms with Gasteiger partial charge >= 0.3 is 0 Å². The first kappa shape index (κ1) is 10.8. The molecule has 0 bridgehead atoms. The first-order valence-electron chi connectivity index (χ1n) is 3.23. The summed E-state index contributed by atoms with van der Waals surface area (Å²) >= 11 is 0. The smallest absolute Gasteiger partial charge is 0.279 e. The molecule has 0 spiro atoms. The molecule has 5 nitrogen and oxygen atoms in total. The summed E-state index contributed by atoms with van der Waals surface area (Å²) in [5, 5.41) is 8.63. The van der Waals surface area contributed by atoms with Gasteiger partial charge in [0.05, 0.1) is 6.61 Å². The van der Waals surface area contributed by atoms with E-state index in [1.54, 1.807) is 6.92 Å². The molecule has 0 radical (unpaired) electrons. The molecule has 0 saturated heterocycles. The Balaban J connectivity index is 4.36. The lowest BCUT2D eigenvalue weighted by Crippen LogP contribution is -2.42. The number of hydrogen-bond acceptors (Lipinski definition) is 3. The summed E-state index contributed by atoms with van der Waals surface area (Å²) in [6.07, 6.45) is 0. The van der Waals surface area contributed by atoms with Gasteiger partial charge in [0.25, 0.3) is 10.2 Å². The standard InChI is InChI=1S/C5H14N2O3S/c1-5(4-8)7(3)11(9,10)6-2/h5-6,8H,4H2,1-3H3. The lowest BCUT2D eigenvalue weighted by molar-refractivity contribution is 0.213. The van der Waals surface area contributed by atoms with Gasteiger partial charge in [-0.1, -0.05) is 0 Å². The van der Waals surface area contributed by atoms with Crippen LogP contribution in [0.3, 0.4) is 0 Å². The van der Waals surface area contributed by atoms with E-state index >= 15 is 0 Å². The van der Waals surface area contributed by atoms with Crippen LogP contribution in [0.5, 0.6) is 0 Å². The van der Waals surface area contributed by atoms with Gasteiger partial charge in [-0.3, -0.25) is 0 Å². The Morgan fingerprint density at radius 3 is 2.36 bits per heavy atom. The Kier molecular flexibility index (Phi) is 3.95. The van der Waals surface area contributed by atoms with E-state index in [1.807, 2.05) is 0 Å². The Morgan fingerprint density at radius 2 is 2.09 bits per heavy atom. The van der Waals surface area contributed by atoms with Crippen molar-refractivity contribution >= 4 is 10.2 Å². The lowest BCUT2D eigenvalue weighted by Gasteiger charge is -2.21. The van der Waals surface area contributed by atoms with Gasteiger partial charge < -0.3 is 5.11 Å². The second-order valence-corrected chi connectivity index (χ2v) is 4.19. The summed E-state index contributed by atoms with van der Waals surface area (Å²) in [4.78, 5) is 0. The molecule has 0 aliphatic heterocycles. The van der Waals surface area contributed by atoms with E-state index in [0.717, 1.165) is 4.31 Å². The van der Waals surface area contributed by atoms with Gasteiger partial charge in [-0.15, -0.1) is 0 Å². The molecule has 0 amide bonds. The third kappa shape index (κ3) is 2.74. The van der Waals surface area contributed by atoms with Crippen molar-refractivity contribution in [2.75, 3.05) is 20.7 Å². The minimum absolute atomic E-state index is 0.183. The number of likely N-dealkylation sites (N-methyl/N-ethyl adjacent to an activating group) is 1. The maximum atomic E-state index is 11.0. The summed E-state index contributed by atoms with van der Waals surface area (Å²) in [5.41, 5.74) is 0. The van der Waals surface area contributed by atoms with E-state index in [2.05, 4.69) is 4.72 Å². The van der Waals surface area contributed by atoms with E-state index in [1.165, 1.54) is 14.1 Å². The Hall–Kier alpha value is -0.170. The summed E-state index contributed by atoms with van der Waals surface area (Å²) in [7, 11) is -0.647. The summed E-state index contributed by atoms with van der Waals surface area (Å²) in [6, 6.07) is -0.396. The van der Waals surface area contributed by atoms with E-state index in [-0.39, 0.29) is 6.61 Å². The number of hydrogen-bond donors (Lipinski definition) is 2. The summed E-state index contributed by atoms with van der Waals surface area (Å²) in [5.74, 6) is 0. The topological polar surface area (TPSA) is 69.6 Å². The van der Waals surface area contributed by atoms with Gasteiger partial charge in [0.15, 0.2) is 0 Å². The third-order valence-corrected chi connectivity index (χ3v) is 3.16. The highest BCUT2D eigenvalue weighted by Gasteiger charge is 2.19. The largest absolute Gasteiger partial charge is 0.395 e. The van der Waals surface area contributed by atoms with Crippen LogP contribution in [0.2, 0.25) is 0 Å². The second kappa shape index (κ2) is 4.01. The number of nitrogens with one attached hydrogen (secondary N) is 1. The minimum Gasteiger partial charge on any atom is -0.395 e. The molecule has 1 unspecified atom stereocenters. The van der Waals surface area contributed by atoms with Crippen LogP contribution in [0, 0.1) is 0 Å². The van der Waals surface area contributed by atoms with Crippen LogP contribution in [0.15, 0.2) is 0 Å². The van der Waals surface area contributed by atoms with Crippen LogP contribution in [0.1, 0.15) is 6.92 Å². The molecule has 0 aliphatic rings. The van der Waals surface area contributed by atoms with Crippen molar-refractivity contribution in [2.45, 2.75) is 13.0 Å². The predicted octanol–water partition coefficient (Wildman–Crippen LogP) is -1.24. The average molecular weight is 182 g/mol. The van der Waals surface area contributed by atoms with Crippen LogP contribution in [0.4, 0.5) is 0 Å². The van der Waals surface area contributed by atoms with Crippen LogP contribution in [-0.2, 0) is 10.2 Å². The second-order valence-electron chi connectivity index (χ2n) is 2.26. The summed E-state index contributed by atoms with van der Waals surface area (Å²) < 4.78 is 25.2. The molecule has 0 aliphatic carbocycles. The molecule has 0 rings (SSSR count). The first-order valence-corrected chi connectivity index (χ1v) is 4.67. The molecular weight excluding hydrogens is 168 g/mol. The van der Waals surface area contributed by atoms with E-state index in [0.29, 0.717) is 0 Å². The zero-order valence-corrected chi connectivity index (χ0v) is 7.72. The van der Waals surface area contributed by atoms with Crippen molar-refractivity contribution in [3.8, 4) is 0 Å². The molecule has 0 aromatic carbocycles. The first-order chi connectivity index (χ1) is 4.95. The molecule has 2 N–H and O–H groups in total. The number of aliphatic hydroxyl groups is 1. The van der Waals surface area contributed by atoms with Gasteiger partial charge in [0.2, 0.25) is 0 Å². The Bertz CT molecular complexity index is 202. The Morgan fingerprint density at radius 1 is 1.64 bits per heavy atom. The van der Waals surface area contributed by atoms with Crippen molar-refractivity contribution in [3.63, 3.8) is 0 Å².